The maximum absolute atomic E-state index is 13.6. The number of benzene rings is 2. The predicted octanol–water partition coefficient (Wildman–Crippen LogP) is 3.77. The monoisotopic (exact) mass is 543 g/mol. The van der Waals surface area contributed by atoms with E-state index in [1.54, 1.807) is 32.1 Å². The first-order chi connectivity index (χ1) is 16.2. The van der Waals surface area contributed by atoms with Crippen molar-refractivity contribution in [2.75, 3.05) is 25.6 Å². The summed E-state index contributed by atoms with van der Waals surface area (Å²) in [6, 6.07) is 10.9. The van der Waals surface area contributed by atoms with Crippen LogP contribution in [0.5, 0.6) is 0 Å². The molecule has 1 atom stereocenters. The van der Waals surface area contributed by atoms with Gasteiger partial charge in [-0.15, -0.1) is 0 Å². The molecule has 1 aromatic heterocycles. The molecule has 1 aliphatic heterocycles. The van der Waals surface area contributed by atoms with Gasteiger partial charge in [0.15, 0.2) is 4.80 Å². The van der Waals surface area contributed by atoms with Crippen LogP contribution in [0.1, 0.15) is 31.0 Å². The lowest BCUT2D eigenvalue weighted by molar-refractivity contribution is -0.139. The Kier molecular flexibility index (Phi) is 6.86. The highest BCUT2D eigenvalue weighted by Crippen LogP contribution is 2.31. The van der Waals surface area contributed by atoms with Crippen LogP contribution in [-0.4, -0.2) is 31.2 Å². The summed E-state index contributed by atoms with van der Waals surface area (Å²) in [5.74, 6) is -0.947. The highest BCUT2D eigenvalue weighted by atomic mass is 79.9. The Morgan fingerprint density at radius 3 is 2.59 bits per heavy atom. The van der Waals surface area contributed by atoms with Crippen LogP contribution in [-0.2, 0) is 9.53 Å². The molecule has 2 heterocycles. The number of carbonyl (C=O) groups excluding carboxylic acids is 1. The number of aromatic nitrogens is 1. The molecule has 0 bridgehead atoms. The summed E-state index contributed by atoms with van der Waals surface area (Å²) >= 11 is 4.83. The number of halogens is 2. The van der Waals surface area contributed by atoms with Gasteiger partial charge in [-0.2, -0.15) is 0 Å². The Labute approximate surface area is 208 Å². The summed E-state index contributed by atoms with van der Waals surface area (Å²) in [4.78, 5) is 33.4. The van der Waals surface area contributed by atoms with Crippen LogP contribution in [0.4, 0.5) is 10.1 Å². The number of allylic oxidation sites excluding steroid dienone is 1. The van der Waals surface area contributed by atoms with Crippen LogP contribution in [0, 0.1) is 5.82 Å². The third-order valence-electron chi connectivity index (χ3n) is 5.45. The van der Waals surface area contributed by atoms with E-state index in [4.69, 9.17) is 4.74 Å². The average Bonchev–Trinajstić information content (AvgIpc) is 3.08. The molecule has 1 aliphatic rings. The van der Waals surface area contributed by atoms with Gasteiger partial charge in [-0.1, -0.05) is 29.5 Å². The van der Waals surface area contributed by atoms with Crippen molar-refractivity contribution in [1.82, 2.24) is 4.57 Å². The van der Waals surface area contributed by atoms with Crippen molar-refractivity contribution in [3.63, 3.8) is 0 Å². The number of thiazole rings is 1. The molecule has 0 radical (unpaired) electrons. The van der Waals surface area contributed by atoms with Crippen molar-refractivity contribution < 1.29 is 13.9 Å². The van der Waals surface area contributed by atoms with Gasteiger partial charge in [0.1, 0.15) is 5.82 Å². The predicted molar refractivity (Wildman–Crippen MR) is 135 cm³/mol. The molecule has 4 rings (SSSR count). The normalized spacial score (nSPS) is 15.7. The lowest BCUT2D eigenvalue weighted by Crippen LogP contribution is -2.39. The molecule has 0 unspecified atom stereocenters. The summed E-state index contributed by atoms with van der Waals surface area (Å²) in [6.07, 6.45) is 1.80. The summed E-state index contributed by atoms with van der Waals surface area (Å²) < 4.78 is 21.8. The first-order valence-electron chi connectivity index (χ1n) is 10.6. The average molecular weight is 544 g/mol. The highest BCUT2D eigenvalue weighted by Gasteiger charge is 2.33. The lowest BCUT2D eigenvalue weighted by atomic mass is 9.96. The zero-order chi connectivity index (χ0) is 24.6. The topological polar surface area (TPSA) is 63.9 Å². The fourth-order valence-corrected chi connectivity index (χ4v) is 5.68. The maximum atomic E-state index is 13.6. The van der Waals surface area contributed by atoms with Crippen LogP contribution in [0.2, 0.25) is 0 Å². The molecule has 0 fully saturated rings. The number of ether oxygens (including phenoxy) is 1. The minimum absolute atomic E-state index is 0.188. The quantitative estimate of drug-likeness (QED) is 0.459. The molecule has 9 heteroatoms. The Hall–Kier alpha value is -3.04. The third kappa shape index (κ3) is 4.50. The third-order valence-corrected chi connectivity index (χ3v) is 7.07. The first-order valence-corrected chi connectivity index (χ1v) is 12.2. The molecule has 176 valence electrons. The van der Waals surface area contributed by atoms with Crippen molar-refractivity contribution in [3.8, 4) is 0 Å². The number of carbonyl (C=O) groups is 1. The zero-order valence-corrected chi connectivity index (χ0v) is 21.5. The van der Waals surface area contributed by atoms with Crippen LogP contribution in [0.3, 0.4) is 0 Å². The van der Waals surface area contributed by atoms with E-state index < -0.39 is 17.8 Å². The Bertz CT molecular complexity index is 1470. The second kappa shape index (κ2) is 9.68. The maximum Gasteiger partial charge on any atom is 0.338 e. The van der Waals surface area contributed by atoms with Gasteiger partial charge in [-0.05, 0) is 71.2 Å². The number of anilines is 1. The standard InChI is InChI=1S/C25H23BrFN3O3S/c1-5-33-24(32)21-14(2)28-25-30(22(21)16-7-9-17(27)10-8-16)23(31)20(34-25)13-15-6-11-19(29(3)4)18(26)12-15/h6-13,22H,5H2,1-4H3/b20-13-/t22-/m0/s1. The molecule has 2 aromatic carbocycles. The van der Waals surface area contributed by atoms with Gasteiger partial charge in [0.2, 0.25) is 0 Å². The fourth-order valence-electron chi connectivity index (χ4n) is 3.88. The van der Waals surface area contributed by atoms with Crippen molar-refractivity contribution in [1.29, 1.82) is 0 Å². The van der Waals surface area contributed by atoms with E-state index in [-0.39, 0.29) is 17.7 Å². The van der Waals surface area contributed by atoms with Gasteiger partial charge in [0, 0.05) is 18.6 Å². The zero-order valence-electron chi connectivity index (χ0n) is 19.1. The Morgan fingerprint density at radius 1 is 1.26 bits per heavy atom. The second-order valence-electron chi connectivity index (χ2n) is 7.96. The minimum Gasteiger partial charge on any atom is -0.463 e. The SMILES string of the molecule is CCOC(=O)C1=C(C)N=c2s/c(=C\c3ccc(N(C)C)c(Br)c3)c(=O)n2[C@H]1c1ccc(F)cc1. The van der Waals surface area contributed by atoms with E-state index in [1.807, 2.05) is 37.2 Å². The fraction of sp³-hybridized carbons (Fsp3) is 0.240. The second-order valence-corrected chi connectivity index (χ2v) is 9.82. The van der Waals surface area contributed by atoms with Gasteiger partial charge in [0.25, 0.3) is 5.56 Å². The molecule has 0 aliphatic carbocycles. The number of hydrogen-bond acceptors (Lipinski definition) is 6. The lowest BCUT2D eigenvalue weighted by Gasteiger charge is -2.24. The number of esters is 1. The van der Waals surface area contributed by atoms with E-state index in [1.165, 1.54) is 28.0 Å². The summed E-state index contributed by atoms with van der Waals surface area (Å²) in [5.41, 5.74) is 2.93. The van der Waals surface area contributed by atoms with Crippen LogP contribution in [0.15, 0.2) is 68.0 Å². The number of nitrogens with zero attached hydrogens (tertiary/aromatic N) is 3. The van der Waals surface area contributed by atoms with Crippen LogP contribution < -0.4 is 19.8 Å². The summed E-state index contributed by atoms with van der Waals surface area (Å²) in [6.45, 7) is 3.63. The number of hydrogen-bond donors (Lipinski definition) is 0. The molecule has 34 heavy (non-hydrogen) atoms. The van der Waals surface area contributed by atoms with Crippen molar-refractivity contribution in [3.05, 3.63) is 94.8 Å². The largest absolute Gasteiger partial charge is 0.463 e. The first kappa shape index (κ1) is 24.1. The van der Waals surface area contributed by atoms with Gasteiger partial charge >= 0.3 is 5.97 Å². The Balaban J connectivity index is 1.91. The van der Waals surface area contributed by atoms with E-state index in [9.17, 15) is 14.0 Å². The molecular formula is C25H23BrFN3O3S. The van der Waals surface area contributed by atoms with E-state index in [0.29, 0.717) is 20.6 Å². The van der Waals surface area contributed by atoms with Crippen molar-refractivity contribution in [2.45, 2.75) is 19.9 Å². The van der Waals surface area contributed by atoms with Crippen LogP contribution >= 0.6 is 27.3 Å². The molecule has 0 N–H and O–H groups in total. The van der Waals surface area contributed by atoms with Gasteiger partial charge < -0.3 is 9.64 Å². The molecule has 0 saturated carbocycles. The molecule has 0 spiro atoms. The summed E-state index contributed by atoms with van der Waals surface area (Å²) in [5, 5.41) is 0. The van der Waals surface area contributed by atoms with Crippen molar-refractivity contribution >= 4 is 45.0 Å². The van der Waals surface area contributed by atoms with Crippen LogP contribution in [0.25, 0.3) is 6.08 Å². The summed E-state index contributed by atoms with van der Waals surface area (Å²) in [7, 11) is 3.91. The minimum atomic E-state index is -0.763. The molecule has 6 nitrogen and oxygen atoms in total. The van der Waals surface area contributed by atoms with E-state index in [2.05, 4.69) is 20.9 Å². The van der Waals surface area contributed by atoms with E-state index in [0.717, 1.165) is 15.7 Å². The Morgan fingerprint density at radius 2 is 1.97 bits per heavy atom. The smallest absolute Gasteiger partial charge is 0.338 e. The highest BCUT2D eigenvalue weighted by molar-refractivity contribution is 9.10. The van der Waals surface area contributed by atoms with Gasteiger partial charge in [-0.3, -0.25) is 9.36 Å². The molecular weight excluding hydrogens is 521 g/mol. The van der Waals surface area contributed by atoms with Gasteiger partial charge in [-0.25, -0.2) is 14.2 Å². The molecule has 3 aromatic rings. The van der Waals surface area contributed by atoms with Crippen molar-refractivity contribution in [2.24, 2.45) is 4.99 Å². The number of fused-ring (bicyclic) bond motifs is 1. The van der Waals surface area contributed by atoms with E-state index >= 15 is 0 Å². The number of rotatable bonds is 5. The van der Waals surface area contributed by atoms with Gasteiger partial charge in [0.05, 0.1) is 34.1 Å². The molecule has 0 amide bonds. The molecule has 0 saturated heterocycles.